The lowest BCUT2D eigenvalue weighted by molar-refractivity contribution is 0.886. The number of alkyl halides is 1. The minimum absolute atomic E-state index is 0.0410. The molecule has 0 fully saturated rings. The highest BCUT2D eigenvalue weighted by molar-refractivity contribution is 9.09. The number of hydrogen-bond acceptors (Lipinski definition) is 1. The topological polar surface area (TPSA) is 61.9 Å². The summed E-state index contributed by atoms with van der Waals surface area (Å²) in [5.74, 6) is -0.0410. The normalized spacial score (nSPS) is 12.1. The van der Waals surface area contributed by atoms with Gasteiger partial charge in [-0.2, -0.15) is 0 Å². The standard InChI is InChI=1S/C8H10BrN3/c9-7(12-8(10)11)6-4-2-1-3-5-6/h1-5,7H,(H4,10,11,12). The van der Waals surface area contributed by atoms with Gasteiger partial charge in [0.1, 0.15) is 4.95 Å². The van der Waals surface area contributed by atoms with Gasteiger partial charge in [0.05, 0.1) is 0 Å². The Morgan fingerprint density at radius 1 is 1.42 bits per heavy atom. The van der Waals surface area contributed by atoms with Gasteiger partial charge in [-0.1, -0.05) is 46.3 Å². The Kier molecular flexibility index (Phi) is 3.10. The highest BCUT2D eigenvalue weighted by Crippen LogP contribution is 2.17. The maximum absolute atomic E-state index is 7.01. The minimum atomic E-state index is -0.0869. The maximum atomic E-state index is 7.01. The Hall–Kier alpha value is -1.03. The SMILES string of the molecule is N=C(N)NC(Br)c1ccccc1. The molecule has 0 saturated carbocycles. The summed E-state index contributed by atoms with van der Waals surface area (Å²) in [5.41, 5.74) is 6.22. The molecule has 64 valence electrons. The molecule has 4 heteroatoms. The lowest BCUT2D eigenvalue weighted by Crippen LogP contribution is -2.31. The van der Waals surface area contributed by atoms with Crippen LogP contribution in [-0.4, -0.2) is 5.96 Å². The van der Waals surface area contributed by atoms with Crippen molar-refractivity contribution in [1.82, 2.24) is 5.32 Å². The molecular formula is C8H10BrN3. The quantitative estimate of drug-likeness (QED) is 0.311. The number of nitrogens with two attached hydrogens (primary N) is 1. The molecule has 0 aliphatic rings. The molecule has 4 N–H and O–H groups in total. The van der Waals surface area contributed by atoms with E-state index < -0.39 is 0 Å². The van der Waals surface area contributed by atoms with Gasteiger partial charge in [-0.15, -0.1) is 0 Å². The van der Waals surface area contributed by atoms with Gasteiger partial charge in [-0.05, 0) is 5.56 Å². The summed E-state index contributed by atoms with van der Waals surface area (Å²) in [6.07, 6.45) is 0. The van der Waals surface area contributed by atoms with Crippen LogP contribution in [0.1, 0.15) is 10.5 Å². The smallest absolute Gasteiger partial charge is 0.186 e. The molecular weight excluding hydrogens is 218 g/mol. The van der Waals surface area contributed by atoms with Crippen molar-refractivity contribution >= 4 is 21.9 Å². The maximum Gasteiger partial charge on any atom is 0.186 e. The van der Waals surface area contributed by atoms with Crippen LogP contribution in [0.3, 0.4) is 0 Å². The molecule has 1 aromatic carbocycles. The number of halogens is 1. The Morgan fingerprint density at radius 3 is 2.50 bits per heavy atom. The van der Waals surface area contributed by atoms with Gasteiger partial charge in [0.15, 0.2) is 5.96 Å². The molecule has 0 radical (unpaired) electrons. The third-order valence-electron chi connectivity index (χ3n) is 1.37. The summed E-state index contributed by atoms with van der Waals surface area (Å²) in [4.78, 5) is -0.0869. The molecule has 1 rings (SSSR count). The molecule has 0 amide bonds. The van der Waals surface area contributed by atoms with Crippen LogP contribution in [0.5, 0.6) is 0 Å². The molecule has 0 saturated heterocycles. The van der Waals surface area contributed by atoms with Gasteiger partial charge >= 0.3 is 0 Å². The van der Waals surface area contributed by atoms with Crippen LogP contribution in [0.2, 0.25) is 0 Å². The van der Waals surface area contributed by atoms with Crippen LogP contribution in [0.4, 0.5) is 0 Å². The number of rotatable bonds is 2. The molecule has 0 bridgehead atoms. The van der Waals surface area contributed by atoms with E-state index in [4.69, 9.17) is 11.1 Å². The average molecular weight is 228 g/mol. The first-order valence-corrected chi connectivity index (χ1v) is 4.41. The first-order chi connectivity index (χ1) is 5.70. The second-order valence-corrected chi connectivity index (χ2v) is 3.25. The summed E-state index contributed by atoms with van der Waals surface area (Å²) >= 11 is 3.35. The molecule has 1 atom stereocenters. The van der Waals surface area contributed by atoms with Crippen LogP contribution in [-0.2, 0) is 0 Å². The lowest BCUT2D eigenvalue weighted by Gasteiger charge is -2.11. The predicted octanol–water partition coefficient (Wildman–Crippen LogP) is 1.56. The summed E-state index contributed by atoms with van der Waals surface area (Å²) < 4.78 is 0. The summed E-state index contributed by atoms with van der Waals surface area (Å²) in [7, 11) is 0. The summed E-state index contributed by atoms with van der Waals surface area (Å²) in [5, 5.41) is 9.75. The van der Waals surface area contributed by atoms with Crippen molar-refractivity contribution in [3.05, 3.63) is 35.9 Å². The molecule has 0 aliphatic heterocycles. The first kappa shape index (κ1) is 9.06. The fourth-order valence-electron chi connectivity index (χ4n) is 0.842. The third-order valence-corrected chi connectivity index (χ3v) is 2.13. The van der Waals surface area contributed by atoms with Crippen molar-refractivity contribution in [3.63, 3.8) is 0 Å². The molecule has 0 aromatic heterocycles. The largest absolute Gasteiger partial charge is 0.370 e. The van der Waals surface area contributed by atoms with Crippen LogP contribution in [0.15, 0.2) is 30.3 Å². The van der Waals surface area contributed by atoms with E-state index in [1.807, 2.05) is 30.3 Å². The van der Waals surface area contributed by atoms with Crippen LogP contribution in [0, 0.1) is 5.41 Å². The van der Waals surface area contributed by atoms with E-state index in [1.54, 1.807) is 0 Å². The fourth-order valence-corrected chi connectivity index (χ4v) is 1.39. The average Bonchev–Trinajstić information content (AvgIpc) is 2.05. The Balaban J connectivity index is 2.65. The van der Waals surface area contributed by atoms with E-state index in [1.165, 1.54) is 0 Å². The van der Waals surface area contributed by atoms with E-state index in [0.29, 0.717) is 0 Å². The summed E-state index contributed by atoms with van der Waals surface area (Å²) in [6, 6.07) is 9.72. The van der Waals surface area contributed by atoms with Crippen LogP contribution >= 0.6 is 15.9 Å². The Morgan fingerprint density at radius 2 is 2.00 bits per heavy atom. The number of hydrogen-bond donors (Lipinski definition) is 3. The zero-order valence-electron chi connectivity index (χ0n) is 6.42. The van der Waals surface area contributed by atoms with Crippen molar-refractivity contribution in [2.24, 2.45) is 5.73 Å². The van der Waals surface area contributed by atoms with Gasteiger partial charge in [0.25, 0.3) is 0 Å². The van der Waals surface area contributed by atoms with Crippen molar-refractivity contribution in [3.8, 4) is 0 Å². The number of benzene rings is 1. The monoisotopic (exact) mass is 227 g/mol. The fraction of sp³-hybridized carbons (Fsp3) is 0.125. The van der Waals surface area contributed by atoms with E-state index in [2.05, 4.69) is 21.2 Å². The highest BCUT2D eigenvalue weighted by Gasteiger charge is 2.04. The van der Waals surface area contributed by atoms with Crippen molar-refractivity contribution < 1.29 is 0 Å². The van der Waals surface area contributed by atoms with Gasteiger partial charge in [-0.25, -0.2) is 0 Å². The Labute approximate surface area is 79.6 Å². The molecule has 0 aliphatic carbocycles. The Bertz CT molecular complexity index is 260. The van der Waals surface area contributed by atoms with Crippen LogP contribution < -0.4 is 11.1 Å². The molecule has 3 nitrogen and oxygen atoms in total. The molecule has 0 heterocycles. The van der Waals surface area contributed by atoms with Crippen molar-refractivity contribution in [2.45, 2.75) is 4.95 Å². The zero-order valence-corrected chi connectivity index (χ0v) is 8.01. The van der Waals surface area contributed by atoms with E-state index >= 15 is 0 Å². The predicted molar refractivity (Wildman–Crippen MR) is 53.2 cm³/mol. The van der Waals surface area contributed by atoms with Gasteiger partial charge in [-0.3, -0.25) is 5.41 Å². The second-order valence-electron chi connectivity index (χ2n) is 2.33. The molecule has 1 unspecified atom stereocenters. The van der Waals surface area contributed by atoms with E-state index in [9.17, 15) is 0 Å². The minimum Gasteiger partial charge on any atom is -0.370 e. The van der Waals surface area contributed by atoms with Crippen molar-refractivity contribution in [1.29, 1.82) is 5.41 Å². The van der Waals surface area contributed by atoms with Crippen molar-refractivity contribution in [2.75, 3.05) is 0 Å². The number of guanidine groups is 1. The van der Waals surface area contributed by atoms with Crippen LogP contribution in [0.25, 0.3) is 0 Å². The number of nitrogens with one attached hydrogen (secondary N) is 2. The first-order valence-electron chi connectivity index (χ1n) is 3.49. The summed E-state index contributed by atoms with van der Waals surface area (Å²) in [6.45, 7) is 0. The highest BCUT2D eigenvalue weighted by atomic mass is 79.9. The van der Waals surface area contributed by atoms with Gasteiger partial charge < -0.3 is 11.1 Å². The third kappa shape index (κ3) is 2.54. The van der Waals surface area contributed by atoms with Gasteiger partial charge in [0, 0.05) is 0 Å². The second kappa shape index (κ2) is 4.11. The van der Waals surface area contributed by atoms with E-state index in [-0.39, 0.29) is 10.9 Å². The van der Waals surface area contributed by atoms with Gasteiger partial charge in [0.2, 0.25) is 0 Å². The molecule has 12 heavy (non-hydrogen) atoms. The zero-order chi connectivity index (χ0) is 8.97. The van der Waals surface area contributed by atoms with E-state index in [0.717, 1.165) is 5.56 Å². The molecule has 0 spiro atoms. The lowest BCUT2D eigenvalue weighted by atomic mass is 10.2. The molecule has 1 aromatic rings.